The van der Waals surface area contributed by atoms with Gasteiger partial charge in [-0.1, -0.05) is 48.4 Å². The lowest BCUT2D eigenvalue weighted by Gasteiger charge is -2.27. The third kappa shape index (κ3) is 5.14. The van der Waals surface area contributed by atoms with Crippen LogP contribution >= 0.6 is 0 Å². The topological polar surface area (TPSA) is 103 Å². The molecule has 7 heteroatoms. The van der Waals surface area contributed by atoms with Gasteiger partial charge in [0.15, 0.2) is 0 Å². The molecule has 34 heavy (non-hydrogen) atoms. The smallest absolute Gasteiger partial charge is 0.268 e. The highest BCUT2D eigenvalue weighted by atomic mass is 16.2. The Morgan fingerprint density at radius 3 is 2.56 bits per heavy atom. The minimum atomic E-state index is -0.711. The second kappa shape index (κ2) is 10.1. The number of rotatable bonds is 6. The van der Waals surface area contributed by atoms with Gasteiger partial charge in [-0.3, -0.25) is 14.4 Å². The fourth-order valence-electron chi connectivity index (χ4n) is 4.71. The van der Waals surface area contributed by atoms with E-state index in [1.807, 2.05) is 63.2 Å². The van der Waals surface area contributed by atoms with Crippen LogP contribution in [0.2, 0.25) is 0 Å². The van der Waals surface area contributed by atoms with Crippen LogP contribution in [0.25, 0.3) is 10.9 Å². The van der Waals surface area contributed by atoms with Gasteiger partial charge in [0.05, 0.1) is 12.1 Å². The molecule has 3 atom stereocenters. The summed E-state index contributed by atoms with van der Waals surface area (Å²) in [6.45, 7) is 6.50. The highest BCUT2D eigenvalue weighted by Gasteiger charge is 2.31. The molecule has 4 N–H and O–H groups in total. The molecule has 0 saturated carbocycles. The van der Waals surface area contributed by atoms with Crippen molar-refractivity contribution in [2.24, 2.45) is 5.92 Å². The van der Waals surface area contributed by atoms with E-state index in [1.165, 1.54) is 0 Å². The summed E-state index contributed by atoms with van der Waals surface area (Å²) >= 11 is 0. The zero-order valence-corrected chi connectivity index (χ0v) is 19.9. The van der Waals surface area contributed by atoms with E-state index >= 15 is 0 Å². The van der Waals surface area contributed by atoms with Gasteiger partial charge in [0.1, 0.15) is 11.6 Å². The summed E-state index contributed by atoms with van der Waals surface area (Å²) in [5.41, 5.74) is 4.49. The summed E-state index contributed by atoms with van der Waals surface area (Å²) in [5.74, 6) is -1.50. The number of hydrogen-bond donors (Lipinski definition) is 4. The number of H-pyrrole nitrogens is 1. The molecule has 1 aliphatic heterocycles. The normalized spacial score (nSPS) is 18.0. The van der Waals surface area contributed by atoms with E-state index in [0.717, 1.165) is 40.4 Å². The van der Waals surface area contributed by atoms with Crippen LogP contribution in [0.4, 0.5) is 0 Å². The summed E-state index contributed by atoms with van der Waals surface area (Å²) in [6, 6.07) is 14.6. The summed E-state index contributed by atoms with van der Waals surface area (Å²) in [4.78, 5) is 41.8. The molecule has 3 amide bonds. The lowest BCUT2D eigenvalue weighted by Crippen LogP contribution is -2.48. The molecule has 0 spiro atoms. The molecule has 1 aromatic heterocycles. The molecular weight excluding hydrogens is 428 g/mol. The molecular formula is C27H32N4O3. The standard InChI is InChI=1S/C27H32N4O3/c1-16-13-17(2)23-20(14-16)15-22(30-23)27(34)31-24(19-9-5-4-6-10-19)18(3)29-26(33)21-11-7-8-12-28-25(21)32/h4-6,9-10,13-15,18,21,24,30H,7-8,11-12H2,1-3H3,(H,28,32)(H,29,33)(H,31,34). The third-order valence-electron chi connectivity index (χ3n) is 6.48. The minimum Gasteiger partial charge on any atom is -0.355 e. The van der Waals surface area contributed by atoms with E-state index in [1.54, 1.807) is 0 Å². The Balaban J connectivity index is 1.55. The van der Waals surface area contributed by atoms with Crippen LogP contribution in [0.3, 0.4) is 0 Å². The van der Waals surface area contributed by atoms with E-state index in [4.69, 9.17) is 0 Å². The summed E-state index contributed by atoms with van der Waals surface area (Å²) in [6.07, 6.45) is 2.22. The Morgan fingerprint density at radius 1 is 1.03 bits per heavy atom. The first kappa shape index (κ1) is 23.5. The number of hydrogen-bond acceptors (Lipinski definition) is 3. The van der Waals surface area contributed by atoms with Gasteiger partial charge in [-0.25, -0.2) is 0 Å². The number of aromatic amines is 1. The van der Waals surface area contributed by atoms with Crippen molar-refractivity contribution in [2.75, 3.05) is 6.54 Å². The van der Waals surface area contributed by atoms with Crippen LogP contribution < -0.4 is 16.0 Å². The molecule has 178 valence electrons. The predicted molar refractivity (Wildman–Crippen MR) is 132 cm³/mol. The molecule has 0 bridgehead atoms. The second-order valence-corrected chi connectivity index (χ2v) is 9.23. The molecule has 4 rings (SSSR count). The maximum absolute atomic E-state index is 13.3. The highest BCUT2D eigenvalue weighted by molar-refractivity contribution is 6.01. The Bertz CT molecular complexity index is 1200. The van der Waals surface area contributed by atoms with E-state index < -0.39 is 18.0 Å². The number of amides is 3. The third-order valence-corrected chi connectivity index (χ3v) is 6.48. The average Bonchev–Trinajstić information content (AvgIpc) is 3.12. The van der Waals surface area contributed by atoms with E-state index in [0.29, 0.717) is 18.7 Å². The van der Waals surface area contributed by atoms with Gasteiger partial charge in [-0.2, -0.15) is 0 Å². The SMILES string of the molecule is Cc1cc(C)c2[nH]c(C(=O)NC(c3ccccc3)C(C)NC(=O)C3CCCCNC3=O)cc2c1. The maximum Gasteiger partial charge on any atom is 0.268 e. The molecule has 0 aliphatic carbocycles. The number of aryl methyl sites for hydroxylation is 2. The number of carbonyl (C=O) groups is 3. The van der Waals surface area contributed by atoms with Gasteiger partial charge < -0.3 is 20.9 Å². The Hall–Kier alpha value is -3.61. The molecule has 1 saturated heterocycles. The lowest BCUT2D eigenvalue weighted by molar-refractivity contribution is -0.135. The van der Waals surface area contributed by atoms with Crippen LogP contribution in [0, 0.1) is 19.8 Å². The van der Waals surface area contributed by atoms with Crippen LogP contribution in [-0.2, 0) is 9.59 Å². The summed E-state index contributed by atoms with van der Waals surface area (Å²) < 4.78 is 0. The molecule has 0 radical (unpaired) electrons. The van der Waals surface area contributed by atoms with E-state index in [-0.39, 0.29) is 17.7 Å². The molecule has 1 fully saturated rings. The van der Waals surface area contributed by atoms with E-state index in [2.05, 4.69) is 27.0 Å². The number of fused-ring (bicyclic) bond motifs is 1. The number of benzene rings is 2. The van der Waals surface area contributed by atoms with Gasteiger partial charge in [0, 0.05) is 17.4 Å². The highest BCUT2D eigenvalue weighted by Crippen LogP contribution is 2.23. The Morgan fingerprint density at radius 2 is 1.79 bits per heavy atom. The summed E-state index contributed by atoms with van der Waals surface area (Å²) in [7, 11) is 0. The largest absolute Gasteiger partial charge is 0.355 e. The lowest BCUT2D eigenvalue weighted by atomic mass is 9.97. The average molecular weight is 461 g/mol. The molecule has 7 nitrogen and oxygen atoms in total. The second-order valence-electron chi connectivity index (χ2n) is 9.23. The fourth-order valence-corrected chi connectivity index (χ4v) is 4.71. The first-order valence-corrected chi connectivity index (χ1v) is 11.9. The predicted octanol–water partition coefficient (Wildman–Crippen LogP) is 3.68. The van der Waals surface area contributed by atoms with E-state index in [9.17, 15) is 14.4 Å². The van der Waals surface area contributed by atoms with Crippen LogP contribution in [0.5, 0.6) is 0 Å². The first-order chi connectivity index (χ1) is 16.3. The molecule has 3 aromatic rings. The molecule has 1 aliphatic rings. The van der Waals surface area contributed by atoms with Gasteiger partial charge in [-0.15, -0.1) is 0 Å². The van der Waals surface area contributed by atoms with Crippen molar-refractivity contribution in [1.29, 1.82) is 0 Å². The number of nitrogens with one attached hydrogen (secondary N) is 4. The van der Waals surface area contributed by atoms with Crippen molar-refractivity contribution < 1.29 is 14.4 Å². The van der Waals surface area contributed by atoms with Crippen molar-refractivity contribution in [2.45, 2.75) is 52.1 Å². The van der Waals surface area contributed by atoms with Gasteiger partial charge in [-0.05, 0) is 56.9 Å². The number of aromatic nitrogens is 1. The van der Waals surface area contributed by atoms with Gasteiger partial charge in [0.2, 0.25) is 11.8 Å². The Labute approximate surface area is 199 Å². The quantitative estimate of drug-likeness (QED) is 0.422. The first-order valence-electron chi connectivity index (χ1n) is 11.9. The van der Waals surface area contributed by atoms with Crippen molar-refractivity contribution >= 4 is 28.6 Å². The monoisotopic (exact) mass is 460 g/mol. The van der Waals surface area contributed by atoms with Gasteiger partial charge >= 0.3 is 0 Å². The van der Waals surface area contributed by atoms with Crippen LogP contribution in [0.1, 0.15) is 59.4 Å². The Kier molecular flexibility index (Phi) is 7.01. The zero-order chi connectivity index (χ0) is 24.2. The molecule has 2 aromatic carbocycles. The van der Waals surface area contributed by atoms with Gasteiger partial charge in [0.25, 0.3) is 5.91 Å². The van der Waals surface area contributed by atoms with Crippen molar-refractivity contribution in [3.63, 3.8) is 0 Å². The van der Waals surface area contributed by atoms with Crippen molar-refractivity contribution in [3.8, 4) is 0 Å². The minimum absolute atomic E-state index is 0.230. The maximum atomic E-state index is 13.3. The van der Waals surface area contributed by atoms with Crippen LogP contribution in [-0.4, -0.2) is 35.3 Å². The molecule has 3 unspecified atom stereocenters. The number of carbonyl (C=O) groups excluding carboxylic acids is 3. The van der Waals surface area contributed by atoms with Crippen LogP contribution in [0.15, 0.2) is 48.5 Å². The van der Waals surface area contributed by atoms with Crippen molar-refractivity contribution in [3.05, 3.63) is 70.9 Å². The zero-order valence-electron chi connectivity index (χ0n) is 19.9. The van der Waals surface area contributed by atoms with Crippen molar-refractivity contribution in [1.82, 2.24) is 20.9 Å². The summed E-state index contributed by atoms with van der Waals surface area (Å²) in [5, 5.41) is 9.87. The molecule has 2 heterocycles. The fraction of sp³-hybridized carbons (Fsp3) is 0.370.